The third kappa shape index (κ3) is 11.5. The molecule has 0 aliphatic heterocycles. The maximum atomic E-state index is 3.80. The average Bonchev–Trinajstić information content (AvgIpc) is 2.09. The molecule has 0 aliphatic carbocycles. The summed E-state index contributed by atoms with van der Waals surface area (Å²) in [5.41, 5.74) is 1.09. The third-order valence-corrected chi connectivity index (χ3v) is 2.21. The molecule has 0 spiro atoms. The van der Waals surface area contributed by atoms with Crippen LogP contribution in [0.5, 0.6) is 0 Å². The van der Waals surface area contributed by atoms with E-state index in [1.54, 1.807) is 0 Å². The van der Waals surface area contributed by atoms with Crippen molar-refractivity contribution in [3.05, 3.63) is 12.3 Å². The van der Waals surface area contributed by atoms with Crippen LogP contribution in [-0.2, 0) is 0 Å². The molecule has 13 heavy (non-hydrogen) atoms. The van der Waals surface area contributed by atoms with Crippen molar-refractivity contribution in [2.24, 2.45) is 0 Å². The van der Waals surface area contributed by atoms with Gasteiger partial charge in [-0.3, -0.25) is 0 Å². The van der Waals surface area contributed by atoms with Crippen molar-refractivity contribution < 1.29 is 0 Å². The number of hydrogen-bond acceptors (Lipinski definition) is 1. The van der Waals surface area contributed by atoms with Gasteiger partial charge in [-0.2, -0.15) is 0 Å². The maximum absolute atomic E-state index is 3.80. The summed E-state index contributed by atoms with van der Waals surface area (Å²) in [5, 5.41) is 3.25. The predicted octanol–water partition coefficient (Wildman–Crippen LogP) is 3.86. The molecule has 0 fully saturated rings. The first-order chi connectivity index (χ1) is 6.27. The van der Waals surface area contributed by atoms with Gasteiger partial charge in [0.15, 0.2) is 0 Å². The molecule has 0 aromatic carbocycles. The highest BCUT2D eigenvalue weighted by molar-refractivity contribution is 4.83. The minimum atomic E-state index is 1.09. The number of hydrogen-bond donors (Lipinski definition) is 1. The monoisotopic (exact) mass is 183 g/mol. The van der Waals surface area contributed by atoms with Gasteiger partial charge in [-0.25, -0.2) is 0 Å². The smallest absolute Gasteiger partial charge is 0.0143 e. The lowest BCUT2D eigenvalue weighted by atomic mass is 10.1. The zero-order valence-electron chi connectivity index (χ0n) is 9.36. The largest absolute Gasteiger partial charge is 0.389 e. The molecule has 0 bridgehead atoms. The van der Waals surface area contributed by atoms with Crippen LogP contribution in [-0.4, -0.2) is 6.54 Å². The molecule has 1 nitrogen and oxygen atoms in total. The minimum Gasteiger partial charge on any atom is -0.389 e. The number of allylic oxidation sites excluding steroid dienone is 1. The second kappa shape index (κ2) is 9.63. The van der Waals surface area contributed by atoms with Crippen LogP contribution in [0, 0.1) is 0 Å². The molecular formula is C12H25N. The second-order valence-electron chi connectivity index (χ2n) is 3.83. The maximum Gasteiger partial charge on any atom is 0.0143 e. The van der Waals surface area contributed by atoms with E-state index in [1.807, 2.05) is 6.92 Å². The first-order valence-corrected chi connectivity index (χ1v) is 5.66. The third-order valence-electron chi connectivity index (χ3n) is 2.21. The number of rotatable bonds is 9. The molecule has 0 saturated heterocycles. The van der Waals surface area contributed by atoms with E-state index < -0.39 is 0 Å². The van der Waals surface area contributed by atoms with Crippen LogP contribution in [0.1, 0.15) is 58.8 Å². The molecular weight excluding hydrogens is 158 g/mol. The molecule has 0 aliphatic rings. The standard InChI is InChI=1S/C12H25N/c1-4-5-6-7-8-9-10-11-13-12(2)3/h13H,2,4-11H2,1,3H3. The molecule has 0 saturated carbocycles. The first kappa shape index (κ1) is 12.5. The Morgan fingerprint density at radius 3 is 2.08 bits per heavy atom. The SMILES string of the molecule is C=C(C)NCCCCCCCCC. The highest BCUT2D eigenvalue weighted by Gasteiger charge is 1.90. The second-order valence-corrected chi connectivity index (χ2v) is 3.83. The highest BCUT2D eigenvalue weighted by atomic mass is 14.9. The molecule has 0 atom stereocenters. The molecule has 1 heteroatoms. The summed E-state index contributed by atoms with van der Waals surface area (Å²) in [5.74, 6) is 0. The van der Waals surface area contributed by atoms with Crippen LogP contribution in [0.3, 0.4) is 0 Å². The van der Waals surface area contributed by atoms with Crippen LogP contribution in [0.2, 0.25) is 0 Å². The van der Waals surface area contributed by atoms with Crippen molar-refractivity contribution in [3.63, 3.8) is 0 Å². The fourth-order valence-corrected chi connectivity index (χ4v) is 1.38. The van der Waals surface area contributed by atoms with Gasteiger partial charge >= 0.3 is 0 Å². The van der Waals surface area contributed by atoms with E-state index in [9.17, 15) is 0 Å². The summed E-state index contributed by atoms with van der Waals surface area (Å²) >= 11 is 0. The Kier molecular flexibility index (Phi) is 9.29. The predicted molar refractivity (Wildman–Crippen MR) is 60.8 cm³/mol. The van der Waals surface area contributed by atoms with Gasteiger partial charge in [0.05, 0.1) is 0 Å². The van der Waals surface area contributed by atoms with Crippen LogP contribution in [0.15, 0.2) is 12.3 Å². The molecule has 0 aromatic heterocycles. The molecule has 0 amide bonds. The van der Waals surface area contributed by atoms with Crippen LogP contribution < -0.4 is 5.32 Å². The van der Waals surface area contributed by atoms with Gasteiger partial charge in [-0.05, 0) is 13.3 Å². The lowest BCUT2D eigenvalue weighted by Crippen LogP contribution is -2.11. The van der Waals surface area contributed by atoms with Crippen molar-refractivity contribution in [1.29, 1.82) is 0 Å². The van der Waals surface area contributed by atoms with Crippen LogP contribution >= 0.6 is 0 Å². The average molecular weight is 183 g/mol. The lowest BCUT2D eigenvalue weighted by molar-refractivity contribution is 0.579. The van der Waals surface area contributed by atoms with Crippen molar-refractivity contribution in [2.75, 3.05) is 6.54 Å². The summed E-state index contributed by atoms with van der Waals surface area (Å²) in [4.78, 5) is 0. The summed E-state index contributed by atoms with van der Waals surface area (Å²) in [6.45, 7) is 9.18. The quantitative estimate of drug-likeness (QED) is 0.535. The van der Waals surface area contributed by atoms with Gasteiger partial charge in [-0.1, -0.05) is 52.0 Å². The highest BCUT2D eigenvalue weighted by Crippen LogP contribution is 2.06. The minimum absolute atomic E-state index is 1.09. The molecule has 78 valence electrons. The van der Waals surface area contributed by atoms with E-state index in [-0.39, 0.29) is 0 Å². The van der Waals surface area contributed by atoms with Crippen LogP contribution in [0.25, 0.3) is 0 Å². The van der Waals surface area contributed by atoms with E-state index in [4.69, 9.17) is 0 Å². The Morgan fingerprint density at radius 1 is 1.00 bits per heavy atom. The fourth-order valence-electron chi connectivity index (χ4n) is 1.38. The van der Waals surface area contributed by atoms with Gasteiger partial charge in [0.25, 0.3) is 0 Å². The lowest BCUT2D eigenvalue weighted by Gasteiger charge is -2.04. The van der Waals surface area contributed by atoms with Gasteiger partial charge < -0.3 is 5.32 Å². The van der Waals surface area contributed by atoms with Crippen molar-refractivity contribution >= 4 is 0 Å². The van der Waals surface area contributed by atoms with Crippen molar-refractivity contribution in [2.45, 2.75) is 58.8 Å². The Bertz CT molecular complexity index is 118. The van der Waals surface area contributed by atoms with Crippen LogP contribution in [0.4, 0.5) is 0 Å². The zero-order valence-corrected chi connectivity index (χ0v) is 9.36. The molecule has 0 heterocycles. The molecule has 0 rings (SSSR count). The van der Waals surface area contributed by atoms with Gasteiger partial charge in [-0.15, -0.1) is 0 Å². The summed E-state index contributed by atoms with van der Waals surface area (Å²) < 4.78 is 0. The fraction of sp³-hybridized carbons (Fsp3) is 0.833. The summed E-state index contributed by atoms with van der Waals surface area (Å²) in [6.07, 6.45) is 9.65. The van der Waals surface area contributed by atoms with Crippen molar-refractivity contribution in [3.8, 4) is 0 Å². The van der Waals surface area contributed by atoms with E-state index in [0.717, 1.165) is 12.2 Å². The first-order valence-electron chi connectivity index (χ1n) is 5.66. The van der Waals surface area contributed by atoms with Gasteiger partial charge in [0, 0.05) is 12.2 Å². The van der Waals surface area contributed by atoms with Crippen molar-refractivity contribution in [1.82, 2.24) is 5.32 Å². The van der Waals surface area contributed by atoms with E-state index >= 15 is 0 Å². The van der Waals surface area contributed by atoms with Gasteiger partial charge in [0.1, 0.15) is 0 Å². The normalized spacial score (nSPS) is 10.0. The number of nitrogens with one attached hydrogen (secondary N) is 1. The summed E-state index contributed by atoms with van der Waals surface area (Å²) in [7, 11) is 0. The molecule has 0 aromatic rings. The molecule has 0 radical (unpaired) electrons. The Hall–Kier alpha value is -0.460. The topological polar surface area (TPSA) is 12.0 Å². The summed E-state index contributed by atoms with van der Waals surface area (Å²) in [6, 6.07) is 0. The van der Waals surface area contributed by atoms with E-state index in [2.05, 4.69) is 18.8 Å². The Morgan fingerprint density at radius 2 is 1.54 bits per heavy atom. The Balaban J connectivity index is 2.87. The van der Waals surface area contributed by atoms with E-state index in [0.29, 0.717) is 0 Å². The Labute approximate surface area is 83.6 Å². The molecule has 0 unspecified atom stereocenters. The zero-order chi connectivity index (χ0) is 9.94. The van der Waals surface area contributed by atoms with E-state index in [1.165, 1.54) is 44.9 Å². The van der Waals surface area contributed by atoms with Gasteiger partial charge in [0.2, 0.25) is 0 Å². The number of unbranched alkanes of at least 4 members (excludes halogenated alkanes) is 6. The molecule has 1 N–H and O–H groups in total.